The summed E-state index contributed by atoms with van der Waals surface area (Å²) in [6.45, 7) is 3.88. The number of benzene rings is 1. The maximum Gasteiger partial charge on any atom is 0.452 e. The van der Waals surface area contributed by atoms with Crippen molar-refractivity contribution >= 4 is 10.0 Å². The van der Waals surface area contributed by atoms with E-state index in [-0.39, 0.29) is 16.2 Å². The second-order valence-corrected chi connectivity index (χ2v) is 10.2. The maximum absolute atomic E-state index is 13.3. The highest BCUT2D eigenvalue weighted by Gasteiger charge is 2.37. The van der Waals surface area contributed by atoms with Gasteiger partial charge in [-0.05, 0) is 31.4 Å². The third-order valence-electron chi connectivity index (χ3n) is 6.26. The molecule has 0 unspecified atom stereocenters. The molecule has 1 aromatic heterocycles. The van der Waals surface area contributed by atoms with Crippen LogP contribution >= 0.6 is 0 Å². The molecule has 2 aliphatic rings. The maximum atomic E-state index is 13.3. The van der Waals surface area contributed by atoms with Gasteiger partial charge < -0.3 is 4.52 Å². The number of nitrogens with zero attached hydrogens (tertiary/aromatic N) is 3. The van der Waals surface area contributed by atoms with Crippen molar-refractivity contribution in [3.63, 3.8) is 0 Å². The third kappa shape index (κ3) is 4.65. The molecular formula is C21H26F3N3O3S. The quantitative estimate of drug-likeness (QED) is 0.685. The summed E-state index contributed by atoms with van der Waals surface area (Å²) in [4.78, 5) is 2.48. The number of sulfonamides is 1. The zero-order valence-corrected chi connectivity index (χ0v) is 18.2. The molecule has 0 radical (unpaired) electrons. The first-order valence-electron chi connectivity index (χ1n) is 10.6. The van der Waals surface area contributed by atoms with E-state index in [1.54, 1.807) is 19.1 Å². The first-order valence-corrected chi connectivity index (χ1v) is 12.0. The van der Waals surface area contributed by atoms with Gasteiger partial charge in [-0.25, -0.2) is 8.42 Å². The lowest BCUT2D eigenvalue weighted by molar-refractivity contribution is -0.155. The van der Waals surface area contributed by atoms with Gasteiger partial charge in [-0.1, -0.05) is 36.6 Å². The predicted molar refractivity (Wildman–Crippen MR) is 109 cm³/mol. The minimum absolute atomic E-state index is 0.0501. The molecule has 10 heteroatoms. The highest BCUT2D eigenvalue weighted by atomic mass is 32.2. The zero-order valence-electron chi connectivity index (χ0n) is 17.4. The molecular weight excluding hydrogens is 431 g/mol. The molecule has 170 valence electrons. The Balaban J connectivity index is 1.53. The topological polar surface area (TPSA) is 66.7 Å². The summed E-state index contributed by atoms with van der Waals surface area (Å²) in [6, 6.07) is 5.84. The molecule has 2 fully saturated rings. The van der Waals surface area contributed by atoms with Crippen molar-refractivity contribution in [2.24, 2.45) is 0 Å². The van der Waals surface area contributed by atoms with E-state index in [0.29, 0.717) is 37.8 Å². The van der Waals surface area contributed by atoms with Crippen LogP contribution in [0.3, 0.4) is 0 Å². The summed E-state index contributed by atoms with van der Waals surface area (Å²) in [7, 11) is -3.77. The van der Waals surface area contributed by atoms with Gasteiger partial charge >= 0.3 is 6.18 Å². The normalized spacial score (nSPS) is 20.3. The molecule has 0 amide bonds. The van der Waals surface area contributed by atoms with Crippen LogP contribution in [0, 0.1) is 6.92 Å². The molecule has 0 N–H and O–H groups in total. The molecule has 1 aliphatic heterocycles. The molecule has 0 atom stereocenters. The molecule has 4 rings (SSSR count). The summed E-state index contributed by atoms with van der Waals surface area (Å²) >= 11 is 0. The number of hydrogen-bond acceptors (Lipinski definition) is 5. The van der Waals surface area contributed by atoms with Crippen LogP contribution in [-0.4, -0.2) is 55.0 Å². The van der Waals surface area contributed by atoms with E-state index in [9.17, 15) is 21.6 Å². The minimum Gasteiger partial charge on any atom is -0.351 e. The van der Waals surface area contributed by atoms with Crippen molar-refractivity contribution in [1.82, 2.24) is 14.4 Å². The van der Waals surface area contributed by atoms with Crippen molar-refractivity contribution in [3.05, 3.63) is 35.6 Å². The first kappa shape index (κ1) is 22.3. The zero-order chi connectivity index (χ0) is 22.2. The van der Waals surface area contributed by atoms with E-state index < -0.39 is 22.0 Å². The van der Waals surface area contributed by atoms with Crippen LogP contribution in [0.2, 0.25) is 0 Å². The van der Waals surface area contributed by atoms with E-state index in [2.05, 4.69) is 14.6 Å². The van der Waals surface area contributed by atoms with Gasteiger partial charge in [0.05, 0.1) is 4.90 Å². The Morgan fingerprint density at radius 1 is 1.03 bits per heavy atom. The number of hydrogen-bond donors (Lipinski definition) is 0. The SMILES string of the molecule is Cc1ccc(-c2cc(C(F)(F)F)on2)cc1S(=O)(=O)N1CCN(C2CCCCC2)CC1. The fourth-order valence-corrected chi connectivity index (χ4v) is 6.15. The number of piperazine rings is 1. The second kappa shape index (κ2) is 8.55. The molecule has 1 aliphatic carbocycles. The molecule has 1 aromatic carbocycles. The fraction of sp³-hybridized carbons (Fsp3) is 0.571. The average Bonchev–Trinajstić information content (AvgIpc) is 3.26. The highest BCUT2D eigenvalue weighted by molar-refractivity contribution is 7.89. The molecule has 2 heterocycles. The van der Waals surface area contributed by atoms with Crippen molar-refractivity contribution in [1.29, 1.82) is 0 Å². The van der Waals surface area contributed by atoms with Crippen LogP contribution < -0.4 is 0 Å². The molecule has 1 saturated carbocycles. The van der Waals surface area contributed by atoms with Crippen molar-refractivity contribution < 1.29 is 26.1 Å². The highest BCUT2D eigenvalue weighted by Crippen LogP contribution is 2.34. The lowest BCUT2D eigenvalue weighted by Gasteiger charge is -2.40. The van der Waals surface area contributed by atoms with Crippen LogP contribution in [0.4, 0.5) is 13.2 Å². The smallest absolute Gasteiger partial charge is 0.351 e. The van der Waals surface area contributed by atoms with E-state index in [1.165, 1.54) is 42.5 Å². The number of aromatic nitrogens is 1. The molecule has 0 spiro atoms. The van der Waals surface area contributed by atoms with Gasteiger partial charge in [-0.2, -0.15) is 17.5 Å². The van der Waals surface area contributed by atoms with E-state index >= 15 is 0 Å². The molecule has 6 nitrogen and oxygen atoms in total. The van der Waals surface area contributed by atoms with Crippen LogP contribution in [-0.2, 0) is 16.2 Å². The van der Waals surface area contributed by atoms with E-state index in [1.807, 2.05) is 0 Å². The summed E-state index contributed by atoms with van der Waals surface area (Å²) in [5.74, 6) is -1.22. The Morgan fingerprint density at radius 2 is 1.71 bits per heavy atom. The Morgan fingerprint density at radius 3 is 2.32 bits per heavy atom. The standard InChI is InChI=1S/C21H26F3N3O3S/c1-15-7-8-16(18-14-20(30-25-18)21(22,23)24)13-19(15)31(28,29)27-11-9-26(10-12-27)17-5-3-2-4-6-17/h7-8,13-14,17H,2-6,9-12H2,1H3. The van der Waals surface area contributed by atoms with Crippen molar-refractivity contribution in [2.75, 3.05) is 26.2 Å². The van der Waals surface area contributed by atoms with Crippen molar-refractivity contribution in [2.45, 2.75) is 56.1 Å². The lowest BCUT2D eigenvalue weighted by atomic mass is 9.94. The second-order valence-electron chi connectivity index (χ2n) is 8.29. The van der Waals surface area contributed by atoms with Gasteiger partial charge in [0, 0.05) is 43.9 Å². The number of halogens is 3. The minimum atomic E-state index is -4.65. The lowest BCUT2D eigenvalue weighted by Crippen LogP contribution is -2.52. The van der Waals surface area contributed by atoms with Crippen LogP contribution in [0.5, 0.6) is 0 Å². The largest absolute Gasteiger partial charge is 0.452 e. The average molecular weight is 458 g/mol. The van der Waals surface area contributed by atoms with Gasteiger partial charge in [0.2, 0.25) is 15.8 Å². The Bertz CT molecular complexity index is 1020. The van der Waals surface area contributed by atoms with Crippen LogP contribution in [0.25, 0.3) is 11.3 Å². The number of rotatable bonds is 4. The fourth-order valence-electron chi connectivity index (χ4n) is 4.48. The van der Waals surface area contributed by atoms with Gasteiger partial charge in [-0.15, -0.1) is 0 Å². The number of aryl methyl sites for hydroxylation is 1. The van der Waals surface area contributed by atoms with Gasteiger partial charge in [0.25, 0.3) is 0 Å². The van der Waals surface area contributed by atoms with E-state index in [0.717, 1.165) is 6.07 Å². The molecule has 2 aromatic rings. The van der Waals surface area contributed by atoms with Crippen molar-refractivity contribution in [3.8, 4) is 11.3 Å². The first-order chi connectivity index (χ1) is 14.7. The third-order valence-corrected chi connectivity index (χ3v) is 8.30. The molecule has 0 bridgehead atoms. The summed E-state index contributed by atoms with van der Waals surface area (Å²) in [6.07, 6.45) is 1.43. The Kier molecular flexibility index (Phi) is 6.15. The monoisotopic (exact) mass is 457 g/mol. The Hall–Kier alpha value is -1.91. The Labute approximate surface area is 180 Å². The van der Waals surface area contributed by atoms with Gasteiger partial charge in [-0.3, -0.25) is 4.90 Å². The summed E-state index contributed by atoms with van der Waals surface area (Å²) in [5.41, 5.74) is 0.758. The summed E-state index contributed by atoms with van der Waals surface area (Å²) in [5, 5.41) is 3.47. The van der Waals surface area contributed by atoms with Crippen LogP contribution in [0.15, 0.2) is 33.7 Å². The molecule has 31 heavy (non-hydrogen) atoms. The van der Waals surface area contributed by atoms with Gasteiger partial charge in [0.15, 0.2) is 0 Å². The van der Waals surface area contributed by atoms with Gasteiger partial charge in [0.1, 0.15) is 5.69 Å². The predicted octanol–water partition coefficient (Wildman–Crippen LogP) is 4.31. The number of alkyl halides is 3. The van der Waals surface area contributed by atoms with E-state index in [4.69, 9.17) is 0 Å². The van der Waals surface area contributed by atoms with Crippen LogP contribution in [0.1, 0.15) is 43.4 Å². The molecule has 1 saturated heterocycles. The summed E-state index contributed by atoms with van der Waals surface area (Å²) < 4.78 is 71.0.